The van der Waals surface area contributed by atoms with Crippen molar-refractivity contribution in [1.29, 1.82) is 0 Å². The van der Waals surface area contributed by atoms with E-state index in [1.165, 1.54) is 0 Å². The molecule has 1 aliphatic rings. The van der Waals surface area contributed by atoms with Crippen molar-refractivity contribution < 1.29 is 8.42 Å². The van der Waals surface area contributed by atoms with Crippen molar-refractivity contribution in [3.63, 3.8) is 0 Å². The molecular weight excluding hydrogens is 336 g/mol. The molecule has 0 N–H and O–H groups in total. The average Bonchev–Trinajstić information content (AvgIpc) is 3.08. The number of imidazole rings is 1. The lowest BCUT2D eigenvalue weighted by Crippen LogP contribution is -2.49. The van der Waals surface area contributed by atoms with E-state index in [0.717, 1.165) is 44.0 Å². The Kier molecular flexibility index (Phi) is 5.88. The van der Waals surface area contributed by atoms with Crippen LogP contribution in [-0.4, -0.2) is 59.9 Å². The van der Waals surface area contributed by atoms with Crippen molar-refractivity contribution in [1.82, 2.24) is 18.8 Å². The zero-order valence-electron chi connectivity index (χ0n) is 14.7. The smallest absolute Gasteiger partial charge is 0.218 e. The van der Waals surface area contributed by atoms with Gasteiger partial charge in [-0.2, -0.15) is 4.31 Å². The number of hydrogen-bond acceptors (Lipinski definition) is 4. The van der Waals surface area contributed by atoms with Crippen LogP contribution in [0.1, 0.15) is 18.3 Å². The van der Waals surface area contributed by atoms with E-state index in [2.05, 4.69) is 21.4 Å². The van der Waals surface area contributed by atoms with E-state index in [9.17, 15) is 8.42 Å². The third-order valence-electron chi connectivity index (χ3n) is 4.69. The summed E-state index contributed by atoms with van der Waals surface area (Å²) < 4.78 is 29.0. The van der Waals surface area contributed by atoms with E-state index < -0.39 is 10.0 Å². The van der Waals surface area contributed by atoms with Crippen LogP contribution < -0.4 is 0 Å². The fraction of sp³-hybridized carbons (Fsp3) is 0.500. The Morgan fingerprint density at radius 1 is 1.04 bits per heavy atom. The first-order valence-electron chi connectivity index (χ1n) is 8.82. The van der Waals surface area contributed by atoms with E-state index >= 15 is 0 Å². The third-order valence-corrected chi connectivity index (χ3v) is 6.54. The molecule has 0 unspecified atom stereocenters. The first-order chi connectivity index (χ1) is 12.1. The normalized spacial score (nSPS) is 17.0. The van der Waals surface area contributed by atoms with Crippen LogP contribution in [0.5, 0.6) is 0 Å². The lowest BCUT2D eigenvalue weighted by atomic mass is 10.2. The molecule has 0 saturated carbocycles. The minimum absolute atomic E-state index is 0.0860. The molecule has 0 atom stereocenters. The summed E-state index contributed by atoms with van der Waals surface area (Å²) in [5.74, 6) is 1.19. The topological polar surface area (TPSA) is 58.4 Å². The molecule has 1 aromatic carbocycles. The monoisotopic (exact) mass is 362 g/mol. The zero-order valence-corrected chi connectivity index (χ0v) is 15.5. The van der Waals surface area contributed by atoms with Gasteiger partial charge in [-0.25, -0.2) is 13.4 Å². The number of benzene rings is 1. The lowest BCUT2D eigenvalue weighted by Gasteiger charge is -2.34. The molecule has 1 saturated heterocycles. The Labute approximate surface area is 150 Å². The van der Waals surface area contributed by atoms with Crippen molar-refractivity contribution in [2.45, 2.75) is 25.6 Å². The molecule has 1 aromatic heterocycles. The van der Waals surface area contributed by atoms with Crippen molar-refractivity contribution in [3.05, 3.63) is 54.1 Å². The molecule has 0 aliphatic carbocycles. The maximum absolute atomic E-state index is 12.6. The molecule has 3 rings (SSSR count). The van der Waals surface area contributed by atoms with Gasteiger partial charge in [0.15, 0.2) is 0 Å². The summed E-state index contributed by atoms with van der Waals surface area (Å²) in [6.07, 6.45) is 4.78. The fourth-order valence-electron chi connectivity index (χ4n) is 3.21. The Bertz CT molecular complexity index is 765. The van der Waals surface area contributed by atoms with Crippen LogP contribution >= 0.6 is 0 Å². The quantitative estimate of drug-likeness (QED) is 0.751. The van der Waals surface area contributed by atoms with Crippen LogP contribution in [0.2, 0.25) is 0 Å². The number of sulfonamides is 1. The van der Waals surface area contributed by atoms with E-state index in [1.807, 2.05) is 42.7 Å². The SMILES string of the molecule is CCc1nccn1CCN1CCN(S(=O)(=O)Cc2ccccc2)CC1. The fourth-order valence-corrected chi connectivity index (χ4v) is 4.73. The van der Waals surface area contributed by atoms with Gasteiger partial charge in [-0.3, -0.25) is 4.90 Å². The molecule has 1 aliphatic heterocycles. The van der Waals surface area contributed by atoms with E-state index in [1.54, 1.807) is 4.31 Å². The van der Waals surface area contributed by atoms with Gasteiger partial charge in [-0.1, -0.05) is 37.3 Å². The van der Waals surface area contributed by atoms with Crippen molar-refractivity contribution in [3.8, 4) is 0 Å². The van der Waals surface area contributed by atoms with E-state index in [4.69, 9.17) is 0 Å². The second-order valence-corrected chi connectivity index (χ2v) is 8.34. The summed E-state index contributed by atoms with van der Waals surface area (Å²) in [6.45, 7) is 6.64. The molecule has 2 aromatic rings. The molecule has 0 bridgehead atoms. The number of piperazine rings is 1. The van der Waals surface area contributed by atoms with E-state index in [0.29, 0.717) is 13.1 Å². The highest BCUT2D eigenvalue weighted by Gasteiger charge is 2.26. The number of aryl methyl sites for hydroxylation is 1. The largest absolute Gasteiger partial charge is 0.334 e. The van der Waals surface area contributed by atoms with Gasteiger partial charge >= 0.3 is 0 Å². The molecule has 7 heteroatoms. The zero-order chi connectivity index (χ0) is 17.7. The highest BCUT2D eigenvalue weighted by Crippen LogP contribution is 2.13. The number of hydrogen-bond donors (Lipinski definition) is 0. The van der Waals surface area contributed by atoms with Crippen LogP contribution in [-0.2, 0) is 28.7 Å². The van der Waals surface area contributed by atoms with Gasteiger partial charge in [-0.15, -0.1) is 0 Å². The van der Waals surface area contributed by atoms with Crippen LogP contribution in [0, 0.1) is 0 Å². The molecule has 1 fully saturated rings. The molecule has 6 nitrogen and oxygen atoms in total. The molecule has 0 spiro atoms. The molecular formula is C18H26N4O2S. The Balaban J connectivity index is 1.49. The summed E-state index contributed by atoms with van der Waals surface area (Å²) >= 11 is 0. The van der Waals surface area contributed by atoms with Crippen molar-refractivity contribution in [2.75, 3.05) is 32.7 Å². The Hall–Kier alpha value is -1.70. The van der Waals surface area contributed by atoms with Crippen LogP contribution in [0.4, 0.5) is 0 Å². The minimum atomic E-state index is -3.24. The standard InChI is InChI=1S/C18H26N4O2S/c1-2-18-19-8-9-21(18)13-10-20-11-14-22(15-12-20)25(23,24)16-17-6-4-3-5-7-17/h3-9H,2,10-16H2,1H3. The molecule has 0 amide bonds. The summed E-state index contributed by atoms with van der Waals surface area (Å²) in [5, 5.41) is 0. The van der Waals surface area contributed by atoms with Gasteiger partial charge in [0.2, 0.25) is 10.0 Å². The molecule has 25 heavy (non-hydrogen) atoms. The van der Waals surface area contributed by atoms with Crippen molar-refractivity contribution >= 4 is 10.0 Å². The predicted molar refractivity (Wildman–Crippen MR) is 98.7 cm³/mol. The van der Waals surface area contributed by atoms with Gasteiger partial charge in [0.1, 0.15) is 5.82 Å². The van der Waals surface area contributed by atoms with Gasteiger partial charge in [-0.05, 0) is 5.56 Å². The average molecular weight is 362 g/mol. The van der Waals surface area contributed by atoms with Gasteiger partial charge < -0.3 is 4.57 Å². The van der Waals surface area contributed by atoms with Gasteiger partial charge in [0, 0.05) is 58.1 Å². The Morgan fingerprint density at radius 3 is 2.44 bits per heavy atom. The number of nitrogens with zero attached hydrogens (tertiary/aromatic N) is 4. The molecule has 0 radical (unpaired) electrons. The summed E-state index contributed by atoms with van der Waals surface area (Å²) in [6, 6.07) is 9.39. The lowest BCUT2D eigenvalue weighted by molar-refractivity contribution is 0.182. The minimum Gasteiger partial charge on any atom is -0.334 e. The van der Waals surface area contributed by atoms with Gasteiger partial charge in [0.25, 0.3) is 0 Å². The second kappa shape index (κ2) is 8.12. The predicted octanol–water partition coefficient (Wildman–Crippen LogP) is 1.59. The first kappa shape index (κ1) is 18.1. The highest BCUT2D eigenvalue weighted by molar-refractivity contribution is 7.88. The summed E-state index contributed by atoms with van der Waals surface area (Å²) in [4.78, 5) is 6.67. The Morgan fingerprint density at radius 2 is 1.76 bits per heavy atom. The maximum Gasteiger partial charge on any atom is 0.218 e. The maximum atomic E-state index is 12.6. The number of aromatic nitrogens is 2. The number of rotatable bonds is 7. The van der Waals surface area contributed by atoms with Crippen LogP contribution in [0.25, 0.3) is 0 Å². The summed E-state index contributed by atoms with van der Waals surface area (Å²) in [5.41, 5.74) is 0.845. The van der Waals surface area contributed by atoms with Crippen LogP contribution in [0.3, 0.4) is 0 Å². The van der Waals surface area contributed by atoms with Crippen molar-refractivity contribution in [2.24, 2.45) is 0 Å². The third kappa shape index (κ3) is 4.68. The second-order valence-electron chi connectivity index (χ2n) is 6.37. The van der Waals surface area contributed by atoms with Crippen LogP contribution in [0.15, 0.2) is 42.7 Å². The molecule has 2 heterocycles. The highest BCUT2D eigenvalue weighted by atomic mass is 32.2. The van der Waals surface area contributed by atoms with Gasteiger partial charge in [0.05, 0.1) is 5.75 Å². The first-order valence-corrected chi connectivity index (χ1v) is 10.4. The van der Waals surface area contributed by atoms with E-state index in [-0.39, 0.29) is 5.75 Å². The summed E-state index contributed by atoms with van der Waals surface area (Å²) in [7, 11) is -3.24. The molecule has 136 valence electrons.